The highest BCUT2D eigenvalue weighted by Gasteiger charge is 2.09. The van der Waals surface area contributed by atoms with Gasteiger partial charge in [0.05, 0.1) is 29.2 Å². The van der Waals surface area contributed by atoms with Crippen molar-refractivity contribution in [3.05, 3.63) is 66.3 Å². The molecule has 6 nitrogen and oxygen atoms in total. The lowest BCUT2D eigenvalue weighted by Gasteiger charge is -2.04. The van der Waals surface area contributed by atoms with Gasteiger partial charge >= 0.3 is 0 Å². The van der Waals surface area contributed by atoms with Crippen molar-refractivity contribution in [2.45, 2.75) is 6.54 Å². The van der Waals surface area contributed by atoms with Crippen LogP contribution in [-0.4, -0.2) is 16.3 Å². The number of rotatable bonds is 5. The number of thiazole rings is 1. The molecule has 0 fully saturated rings. The molecule has 4 aromatic rings. The quantitative estimate of drug-likeness (QED) is 0.307. The molecule has 0 aliphatic carbocycles. The lowest BCUT2D eigenvalue weighted by Crippen LogP contribution is -2.31. The maximum absolute atomic E-state index is 5.78. The average Bonchev–Trinajstić information content (AvgIpc) is 3.39. The van der Waals surface area contributed by atoms with E-state index in [-0.39, 0.29) is 0 Å². The number of benzene rings is 1. The molecule has 0 aliphatic heterocycles. The van der Waals surface area contributed by atoms with Gasteiger partial charge in [-0.05, 0) is 48.6 Å². The molecule has 26 heavy (non-hydrogen) atoms. The first-order valence-corrected chi connectivity index (χ1v) is 9.05. The van der Waals surface area contributed by atoms with Crippen molar-refractivity contribution < 1.29 is 8.83 Å². The third-order valence-electron chi connectivity index (χ3n) is 3.49. The Morgan fingerprint density at radius 3 is 2.96 bits per heavy atom. The summed E-state index contributed by atoms with van der Waals surface area (Å²) in [5, 5.41) is 8.30. The third kappa shape index (κ3) is 3.81. The van der Waals surface area contributed by atoms with E-state index in [1.807, 2.05) is 48.5 Å². The molecule has 0 bridgehead atoms. The number of hydrogen-bond acceptors (Lipinski definition) is 6. The van der Waals surface area contributed by atoms with Crippen LogP contribution in [0.5, 0.6) is 0 Å². The van der Waals surface area contributed by atoms with E-state index in [4.69, 9.17) is 21.1 Å². The van der Waals surface area contributed by atoms with E-state index >= 15 is 0 Å². The molecular formula is C18H14N4O2S2. The van der Waals surface area contributed by atoms with Crippen LogP contribution in [-0.2, 0) is 6.54 Å². The van der Waals surface area contributed by atoms with Gasteiger partial charge in [-0.2, -0.15) is 5.10 Å². The molecule has 0 atom stereocenters. The SMILES string of the molecule is S=C(NCc1ccco1)N/N=C\c1ccc(-c2nc3ccccc3s2)o1. The Balaban J connectivity index is 1.35. The second-order valence-corrected chi connectivity index (χ2v) is 6.76. The molecule has 0 unspecified atom stereocenters. The van der Waals surface area contributed by atoms with E-state index in [1.165, 1.54) is 0 Å². The summed E-state index contributed by atoms with van der Waals surface area (Å²) in [6.07, 6.45) is 3.18. The van der Waals surface area contributed by atoms with Crippen molar-refractivity contribution >= 4 is 45.1 Å². The highest BCUT2D eigenvalue weighted by molar-refractivity contribution is 7.80. The second kappa shape index (κ2) is 7.51. The van der Waals surface area contributed by atoms with Gasteiger partial charge in [0, 0.05) is 0 Å². The lowest BCUT2D eigenvalue weighted by atomic mass is 10.3. The smallest absolute Gasteiger partial charge is 0.187 e. The number of furan rings is 2. The first kappa shape index (κ1) is 16.5. The highest BCUT2D eigenvalue weighted by atomic mass is 32.1. The summed E-state index contributed by atoms with van der Waals surface area (Å²) in [5.41, 5.74) is 3.71. The number of hydrazone groups is 1. The predicted octanol–water partition coefficient (Wildman–Crippen LogP) is 4.15. The van der Waals surface area contributed by atoms with Gasteiger partial charge in [-0.3, -0.25) is 5.43 Å². The highest BCUT2D eigenvalue weighted by Crippen LogP contribution is 2.30. The van der Waals surface area contributed by atoms with E-state index in [1.54, 1.807) is 23.8 Å². The lowest BCUT2D eigenvalue weighted by molar-refractivity contribution is 0.502. The molecule has 3 heterocycles. The number of hydrogen-bond donors (Lipinski definition) is 2. The fraction of sp³-hybridized carbons (Fsp3) is 0.0556. The van der Waals surface area contributed by atoms with Crippen molar-refractivity contribution in [2.24, 2.45) is 5.10 Å². The minimum absolute atomic E-state index is 0.399. The van der Waals surface area contributed by atoms with E-state index < -0.39 is 0 Å². The summed E-state index contributed by atoms with van der Waals surface area (Å²) in [6.45, 7) is 0.497. The Morgan fingerprint density at radius 1 is 1.19 bits per heavy atom. The van der Waals surface area contributed by atoms with Crippen LogP contribution in [0.4, 0.5) is 0 Å². The summed E-state index contributed by atoms with van der Waals surface area (Å²) >= 11 is 6.74. The summed E-state index contributed by atoms with van der Waals surface area (Å²) in [5.74, 6) is 2.12. The maximum Gasteiger partial charge on any atom is 0.187 e. The van der Waals surface area contributed by atoms with E-state index in [0.717, 1.165) is 21.0 Å². The third-order valence-corrected chi connectivity index (χ3v) is 4.78. The Labute approximate surface area is 158 Å². The average molecular weight is 382 g/mol. The van der Waals surface area contributed by atoms with Crippen LogP contribution in [0.1, 0.15) is 11.5 Å². The van der Waals surface area contributed by atoms with Crippen molar-refractivity contribution in [3.63, 3.8) is 0 Å². The molecule has 130 valence electrons. The number of nitrogens with zero attached hydrogens (tertiary/aromatic N) is 2. The first-order valence-electron chi connectivity index (χ1n) is 7.83. The number of thiocarbonyl (C=S) groups is 1. The van der Waals surface area contributed by atoms with Crippen molar-refractivity contribution in [1.82, 2.24) is 15.7 Å². The van der Waals surface area contributed by atoms with Crippen LogP contribution in [0.15, 0.2) is 68.7 Å². The molecule has 8 heteroatoms. The van der Waals surface area contributed by atoms with E-state index in [9.17, 15) is 0 Å². The molecule has 3 aromatic heterocycles. The van der Waals surface area contributed by atoms with Crippen LogP contribution in [0.25, 0.3) is 21.0 Å². The molecule has 4 rings (SSSR count). The van der Waals surface area contributed by atoms with Crippen LogP contribution in [0.3, 0.4) is 0 Å². The van der Waals surface area contributed by atoms with Crippen LogP contribution < -0.4 is 10.7 Å². The molecule has 0 spiro atoms. The second-order valence-electron chi connectivity index (χ2n) is 5.32. The fourth-order valence-electron chi connectivity index (χ4n) is 2.29. The zero-order valence-electron chi connectivity index (χ0n) is 13.5. The summed E-state index contributed by atoms with van der Waals surface area (Å²) in [6, 6.07) is 15.4. The summed E-state index contributed by atoms with van der Waals surface area (Å²) < 4.78 is 12.1. The molecule has 2 N–H and O–H groups in total. The molecule has 0 aliphatic rings. The van der Waals surface area contributed by atoms with Gasteiger partial charge in [-0.1, -0.05) is 12.1 Å². The van der Waals surface area contributed by atoms with Gasteiger partial charge in [-0.25, -0.2) is 4.98 Å². The number of fused-ring (bicyclic) bond motifs is 1. The monoisotopic (exact) mass is 382 g/mol. The van der Waals surface area contributed by atoms with Gasteiger partial charge in [0.15, 0.2) is 15.9 Å². The summed E-state index contributed by atoms with van der Waals surface area (Å²) in [7, 11) is 0. The minimum Gasteiger partial charge on any atom is -0.467 e. The van der Waals surface area contributed by atoms with Crippen molar-refractivity contribution in [3.8, 4) is 10.8 Å². The van der Waals surface area contributed by atoms with E-state index in [0.29, 0.717) is 23.2 Å². The molecule has 0 amide bonds. The Bertz CT molecular complexity index is 1020. The Morgan fingerprint density at radius 2 is 2.12 bits per heavy atom. The number of para-hydroxylation sites is 1. The number of nitrogens with one attached hydrogen (secondary N) is 2. The molecule has 0 saturated carbocycles. The minimum atomic E-state index is 0.399. The van der Waals surface area contributed by atoms with Crippen molar-refractivity contribution in [2.75, 3.05) is 0 Å². The maximum atomic E-state index is 5.78. The molecule has 0 radical (unpaired) electrons. The summed E-state index contributed by atoms with van der Waals surface area (Å²) in [4.78, 5) is 4.58. The zero-order chi connectivity index (χ0) is 17.8. The van der Waals surface area contributed by atoms with Gasteiger partial charge in [0.2, 0.25) is 0 Å². The first-order chi connectivity index (χ1) is 12.8. The van der Waals surface area contributed by atoms with Gasteiger partial charge in [0.25, 0.3) is 0 Å². The molecular weight excluding hydrogens is 368 g/mol. The normalized spacial score (nSPS) is 11.2. The van der Waals surface area contributed by atoms with Crippen LogP contribution in [0.2, 0.25) is 0 Å². The van der Waals surface area contributed by atoms with E-state index in [2.05, 4.69) is 20.8 Å². The van der Waals surface area contributed by atoms with Gasteiger partial charge in [0.1, 0.15) is 11.5 Å². The van der Waals surface area contributed by atoms with Gasteiger partial charge in [-0.15, -0.1) is 11.3 Å². The molecule has 1 aromatic carbocycles. The topological polar surface area (TPSA) is 75.6 Å². The Hall–Kier alpha value is -2.97. The predicted molar refractivity (Wildman–Crippen MR) is 106 cm³/mol. The number of aromatic nitrogens is 1. The van der Waals surface area contributed by atoms with Crippen molar-refractivity contribution in [1.29, 1.82) is 0 Å². The van der Waals surface area contributed by atoms with Gasteiger partial charge < -0.3 is 14.2 Å². The largest absolute Gasteiger partial charge is 0.467 e. The Kier molecular flexibility index (Phi) is 4.76. The zero-order valence-corrected chi connectivity index (χ0v) is 15.1. The fourth-order valence-corrected chi connectivity index (χ4v) is 3.34. The van der Waals surface area contributed by atoms with Crippen LogP contribution in [0, 0.1) is 0 Å². The standard InChI is InChI=1S/C18H14N4O2S2/c25-18(19-10-12-4-3-9-23-12)22-20-11-13-7-8-15(24-13)17-21-14-5-1-2-6-16(14)26-17/h1-9,11H,10H2,(H2,19,22,25)/b20-11-. The van der Waals surface area contributed by atoms with Crippen LogP contribution >= 0.6 is 23.6 Å². The molecule has 0 saturated heterocycles.